The quantitative estimate of drug-likeness (QED) is 0.421. The number of fused-ring (bicyclic) bond motifs is 1. The van der Waals surface area contributed by atoms with Crippen LogP contribution >= 0.6 is 0 Å². The zero-order valence-corrected chi connectivity index (χ0v) is 19.0. The molecule has 2 N–H and O–H groups in total. The zero-order chi connectivity index (χ0) is 23.4. The first-order valence-electron chi connectivity index (χ1n) is 10.2. The van der Waals surface area contributed by atoms with Crippen LogP contribution in [0.25, 0.3) is 10.9 Å². The number of nitriles is 1. The number of aromatic nitrogens is 2. The van der Waals surface area contributed by atoms with Gasteiger partial charge in [0.2, 0.25) is 16.0 Å². The first-order chi connectivity index (χ1) is 15.9. The molecule has 4 aromatic rings. The molecule has 9 heteroatoms. The number of nitrogens with zero attached hydrogens (tertiary/aromatic N) is 4. The van der Waals surface area contributed by atoms with Crippen molar-refractivity contribution in [1.29, 1.82) is 5.26 Å². The first kappa shape index (κ1) is 22.2. The minimum atomic E-state index is -3.50. The molecule has 0 atom stereocenters. The smallest absolute Gasteiger partial charge is 0.242 e. The summed E-state index contributed by atoms with van der Waals surface area (Å²) < 4.78 is 25.8. The average Bonchev–Trinajstić information content (AvgIpc) is 2.81. The molecule has 4 rings (SSSR count). The van der Waals surface area contributed by atoms with Gasteiger partial charge in [-0.15, -0.1) is 0 Å². The van der Waals surface area contributed by atoms with Crippen LogP contribution < -0.4 is 10.6 Å². The maximum Gasteiger partial charge on any atom is 0.242 e. The molecule has 0 saturated heterocycles. The van der Waals surface area contributed by atoms with Crippen molar-refractivity contribution >= 4 is 44.1 Å². The normalized spacial score (nSPS) is 11.3. The van der Waals surface area contributed by atoms with Crippen molar-refractivity contribution < 1.29 is 8.42 Å². The molecule has 0 spiro atoms. The van der Waals surface area contributed by atoms with Crippen LogP contribution in [-0.2, 0) is 16.4 Å². The molecule has 33 heavy (non-hydrogen) atoms. The topological polar surface area (TPSA) is 111 Å². The monoisotopic (exact) mass is 458 g/mol. The van der Waals surface area contributed by atoms with Crippen molar-refractivity contribution in [3.8, 4) is 6.07 Å². The lowest BCUT2D eigenvalue weighted by Gasteiger charge is -2.14. The Labute approximate surface area is 192 Å². The van der Waals surface area contributed by atoms with Gasteiger partial charge in [-0.3, -0.25) is 0 Å². The van der Waals surface area contributed by atoms with E-state index in [1.54, 1.807) is 24.3 Å². The summed E-state index contributed by atoms with van der Waals surface area (Å²) in [5, 5.41) is 16.1. The van der Waals surface area contributed by atoms with Crippen molar-refractivity contribution in [3.05, 3.63) is 78.4 Å². The maximum atomic E-state index is 12.3. The molecular formula is C24H22N6O2S. The van der Waals surface area contributed by atoms with E-state index in [-0.39, 0.29) is 4.90 Å². The number of nitrogens with one attached hydrogen (secondary N) is 2. The predicted octanol–water partition coefficient (Wildman–Crippen LogP) is 4.43. The van der Waals surface area contributed by atoms with Gasteiger partial charge in [-0.05, 0) is 54.1 Å². The Morgan fingerprint density at radius 3 is 2.18 bits per heavy atom. The Balaban J connectivity index is 1.64. The van der Waals surface area contributed by atoms with E-state index < -0.39 is 10.0 Å². The number of rotatable bonds is 7. The Kier molecular flexibility index (Phi) is 6.22. The Bertz CT molecular complexity index is 1430. The fourth-order valence-corrected chi connectivity index (χ4v) is 4.11. The van der Waals surface area contributed by atoms with Crippen molar-refractivity contribution in [2.45, 2.75) is 11.3 Å². The molecule has 0 aliphatic heterocycles. The molecule has 0 fully saturated rings. The molecule has 8 nitrogen and oxygen atoms in total. The van der Waals surface area contributed by atoms with E-state index in [0.29, 0.717) is 23.9 Å². The van der Waals surface area contributed by atoms with Gasteiger partial charge in [0, 0.05) is 30.9 Å². The molecule has 0 unspecified atom stereocenters. The molecule has 3 aromatic carbocycles. The van der Waals surface area contributed by atoms with Crippen LogP contribution in [0.2, 0.25) is 0 Å². The van der Waals surface area contributed by atoms with Crippen LogP contribution in [0, 0.1) is 11.3 Å². The third-order valence-electron chi connectivity index (χ3n) is 4.99. The van der Waals surface area contributed by atoms with E-state index in [2.05, 4.69) is 26.7 Å². The van der Waals surface area contributed by atoms with Gasteiger partial charge in [0.25, 0.3) is 0 Å². The van der Waals surface area contributed by atoms with Gasteiger partial charge in [0.1, 0.15) is 5.82 Å². The highest BCUT2D eigenvalue weighted by Crippen LogP contribution is 2.27. The van der Waals surface area contributed by atoms with Gasteiger partial charge in [-0.25, -0.2) is 17.7 Å². The minimum Gasteiger partial charge on any atom is -0.340 e. The summed E-state index contributed by atoms with van der Waals surface area (Å²) in [4.78, 5) is 9.45. The minimum absolute atomic E-state index is 0.216. The standard InChI is InChI=1S/C24H22N6O2S/c1-30(2)33(31,32)20-13-11-18(12-14-20)26-23-21-5-3-4-6-22(21)28-24(29-23)27-19-9-7-17(8-10-19)15-16-25/h3-14H,15H2,1-2H3,(H2,26,27,28,29). The molecule has 0 saturated carbocycles. The number of para-hydroxylation sites is 1. The lowest BCUT2D eigenvalue weighted by molar-refractivity contribution is 0.521. The molecular weight excluding hydrogens is 436 g/mol. The number of hydrogen-bond donors (Lipinski definition) is 2. The fraction of sp³-hybridized carbons (Fsp3) is 0.125. The maximum absolute atomic E-state index is 12.3. The van der Waals surface area contributed by atoms with E-state index in [1.165, 1.54) is 18.4 Å². The lowest BCUT2D eigenvalue weighted by Crippen LogP contribution is -2.22. The summed E-state index contributed by atoms with van der Waals surface area (Å²) in [7, 11) is -0.497. The van der Waals surface area contributed by atoms with Crippen LogP contribution in [0.1, 0.15) is 5.56 Å². The summed E-state index contributed by atoms with van der Waals surface area (Å²) in [6.45, 7) is 0. The molecule has 0 radical (unpaired) electrons. The van der Waals surface area contributed by atoms with E-state index >= 15 is 0 Å². The second kappa shape index (κ2) is 9.24. The zero-order valence-electron chi connectivity index (χ0n) is 18.1. The summed E-state index contributed by atoms with van der Waals surface area (Å²) in [5.74, 6) is 1.00. The number of sulfonamides is 1. The molecule has 1 aromatic heterocycles. The van der Waals surface area contributed by atoms with Gasteiger partial charge in [0.15, 0.2) is 0 Å². The predicted molar refractivity (Wildman–Crippen MR) is 129 cm³/mol. The number of benzene rings is 3. The largest absolute Gasteiger partial charge is 0.340 e. The lowest BCUT2D eigenvalue weighted by atomic mass is 10.1. The van der Waals surface area contributed by atoms with E-state index in [9.17, 15) is 8.42 Å². The SMILES string of the molecule is CN(C)S(=O)(=O)c1ccc(Nc2nc(Nc3ccc(CC#N)cc3)nc3ccccc23)cc1. The van der Waals surface area contributed by atoms with E-state index in [4.69, 9.17) is 5.26 Å². The third-order valence-corrected chi connectivity index (χ3v) is 6.82. The number of anilines is 4. The molecule has 166 valence electrons. The average molecular weight is 459 g/mol. The molecule has 0 aliphatic carbocycles. The summed E-state index contributed by atoms with van der Waals surface area (Å²) in [6, 6.07) is 23.8. The molecule has 0 aliphatic rings. The van der Waals surface area contributed by atoms with Gasteiger partial charge in [-0.1, -0.05) is 24.3 Å². The van der Waals surface area contributed by atoms with Crippen molar-refractivity contribution in [2.24, 2.45) is 0 Å². The summed E-state index contributed by atoms with van der Waals surface area (Å²) >= 11 is 0. The molecule has 0 bridgehead atoms. The second-order valence-corrected chi connectivity index (χ2v) is 9.66. The van der Waals surface area contributed by atoms with Crippen LogP contribution in [0.5, 0.6) is 0 Å². The molecule has 0 amide bonds. The first-order valence-corrected chi connectivity index (χ1v) is 11.6. The Morgan fingerprint density at radius 2 is 1.52 bits per heavy atom. The Morgan fingerprint density at radius 1 is 0.879 bits per heavy atom. The van der Waals surface area contributed by atoms with E-state index in [1.807, 2.05) is 48.5 Å². The summed E-state index contributed by atoms with van der Waals surface area (Å²) in [5.41, 5.74) is 3.19. The van der Waals surface area contributed by atoms with Crippen molar-refractivity contribution in [1.82, 2.24) is 14.3 Å². The van der Waals surface area contributed by atoms with E-state index in [0.717, 1.165) is 22.2 Å². The third kappa shape index (κ3) is 4.92. The fourth-order valence-electron chi connectivity index (χ4n) is 3.21. The second-order valence-electron chi connectivity index (χ2n) is 7.51. The van der Waals surface area contributed by atoms with Crippen LogP contribution in [0.15, 0.2) is 77.7 Å². The molecule has 1 heterocycles. The highest BCUT2D eigenvalue weighted by molar-refractivity contribution is 7.89. The van der Waals surface area contributed by atoms with Crippen LogP contribution in [-0.4, -0.2) is 36.8 Å². The Hall–Kier alpha value is -4.00. The van der Waals surface area contributed by atoms with Gasteiger partial charge in [0.05, 0.1) is 22.9 Å². The highest BCUT2D eigenvalue weighted by atomic mass is 32.2. The van der Waals surface area contributed by atoms with Crippen molar-refractivity contribution in [2.75, 3.05) is 24.7 Å². The summed E-state index contributed by atoms with van der Waals surface area (Å²) in [6.07, 6.45) is 0.357. The van der Waals surface area contributed by atoms with Crippen molar-refractivity contribution in [3.63, 3.8) is 0 Å². The van der Waals surface area contributed by atoms with Gasteiger partial charge >= 0.3 is 0 Å². The highest BCUT2D eigenvalue weighted by Gasteiger charge is 2.17. The van der Waals surface area contributed by atoms with Crippen LogP contribution in [0.4, 0.5) is 23.1 Å². The number of hydrogen-bond acceptors (Lipinski definition) is 7. The van der Waals surface area contributed by atoms with Gasteiger partial charge in [-0.2, -0.15) is 10.2 Å². The van der Waals surface area contributed by atoms with Gasteiger partial charge < -0.3 is 10.6 Å². The van der Waals surface area contributed by atoms with Crippen LogP contribution in [0.3, 0.4) is 0 Å².